The molecule has 0 radical (unpaired) electrons. The normalized spacial score (nSPS) is 30.1. The molecule has 126 valence electrons. The number of methoxy groups -OCH3 is 2. The fourth-order valence-corrected chi connectivity index (χ4v) is 4.29. The molecule has 5 nitrogen and oxygen atoms in total. The minimum atomic E-state index is -0.154. The summed E-state index contributed by atoms with van der Waals surface area (Å²) in [5, 5.41) is 3.12. The van der Waals surface area contributed by atoms with Crippen LogP contribution in [-0.2, 0) is 4.79 Å². The van der Waals surface area contributed by atoms with E-state index in [1.807, 2.05) is 25.1 Å². The van der Waals surface area contributed by atoms with Crippen LogP contribution in [0, 0.1) is 17.8 Å². The average molecular weight is 318 g/mol. The van der Waals surface area contributed by atoms with Gasteiger partial charge in [-0.1, -0.05) is 0 Å². The van der Waals surface area contributed by atoms with Crippen LogP contribution >= 0.6 is 0 Å². The SMILES string of the molecule is COc1ccc(OC)c(C(C)NC(=O)C2C3CCC(C3)C2N)c1. The molecule has 2 bridgehead atoms. The van der Waals surface area contributed by atoms with Crippen molar-refractivity contribution in [1.29, 1.82) is 0 Å². The van der Waals surface area contributed by atoms with Gasteiger partial charge in [-0.2, -0.15) is 0 Å². The fraction of sp³-hybridized carbons (Fsp3) is 0.611. The quantitative estimate of drug-likeness (QED) is 0.873. The molecule has 5 heteroatoms. The Labute approximate surface area is 137 Å². The molecule has 2 fully saturated rings. The Balaban J connectivity index is 1.74. The topological polar surface area (TPSA) is 73.6 Å². The monoisotopic (exact) mass is 318 g/mol. The second-order valence-corrected chi connectivity index (χ2v) is 6.77. The van der Waals surface area contributed by atoms with Crippen molar-refractivity contribution in [2.24, 2.45) is 23.5 Å². The molecule has 3 rings (SSSR count). The third-order valence-electron chi connectivity index (χ3n) is 5.55. The summed E-state index contributed by atoms with van der Waals surface area (Å²) in [7, 11) is 3.26. The molecule has 0 heterocycles. The lowest BCUT2D eigenvalue weighted by Gasteiger charge is -2.28. The maximum Gasteiger partial charge on any atom is 0.225 e. The molecule has 5 unspecified atom stereocenters. The van der Waals surface area contributed by atoms with Crippen LogP contribution in [0.15, 0.2) is 18.2 Å². The van der Waals surface area contributed by atoms with E-state index in [1.165, 1.54) is 6.42 Å². The lowest BCUT2D eigenvalue weighted by molar-refractivity contribution is -0.127. The van der Waals surface area contributed by atoms with Gasteiger partial charge < -0.3 is 20.5 Å². The van der Waals surface area contributed by atoms with Crippen LogP contribution in [-0.4, -0.2) is 26.2 Å². The number of benzene rings is 1. The third kappa shape index (κ3) is 2.90. The van der Waals surface area contributed by atoms with Crippen molar-refractivity contribution in [3.05, 3.63) is 23.8 Å². The van der Waals surface area contributed by atoms with E-state index in [1.54, 1.807) is 14.2 Å². The highest BCUT2D eigenvalue weighted by atomic mass is 16.5. The smallest absolute Gasteiger partial charge is 0.225 e. The van der Waals surface area contributed by atoms with Crippen molar-refractivity contribution >= 4 is 5.91 Å². The second-order valence-electron chi connectivity index (χ2n) is 6.77. The molecule has 0 aromatic heterocycles. The number of rotatable bonds is 5. The molecule has 5 atom stereocenters. The van der Waals surface area contributed by atoms with E-state index in [0.717, 1.165) is 29.9 Å². The van der Waals surface area contributed by atoms with E-state index in [-0.39, 0.29) is 23.9 Å². The Kier molecular flexibility index (Phi) is 4.48. The van der Waals surface area contributed by atoms with Gasteiger partial charge in [-0.15, -0.1) is 0 Å². The summed E-state index contributed by atoms with van der Waals surface area (Å²) in [5.41, 5.74) is 7.19. The third-order valence-corrected chi connectivity index (χ3v) is 5.55. The van der Waals surface area contributed by atoms with E-state index in [2.05, 4.69) is 5.32 Å². The molecule has 2 aliphatic rings. The Bertz CT molecular complexity index is 588. The molecule has 0 saturated heterocycles. The van der Waals surface area contributed by atoms with Crippen molar-refractivity contribution in [3.63, 3.8) is 0 Å². The fourth-order valence-electron chi connectivity index (χ4n) is 4.29. The molecule has 3 N–H and O–H groups in total. The summed E-state index contributed by atoms with van der Waals surface area (Å²) < 4.78 is 10.7. The van der Waals surface area contributed by atoms with E-state index in [9.17, 15) is 4.79 Å². The van der Waals surface area contributed by atoms with Crippen LogP contribution in [0.4, 0.5) is 0 Å². The first kappa shape index (κ1) is 16.1. The van der Waals surface area contributed by atoms with Gasteiger partial charge in [0.15, 0.2) is 0 Å². The van der Waals surface area contributed by atoms with Crippen molar-refractivity contribution in [2.75, 3.05) is 14.2 Å². The molecule has 0 aliphatic heterocycles. The second kappa shape index (κ2) is 6.40. The number of carbonyl (C=O) groups is 1. The Morgan fingerprint density at radius 2 is 2.00 bits per heavy atom. The van der Waals surface area contributed by atoms with Crippen LogP contribution in [0.3, 0.4) is 0 Å². The first-order chi connectivity index (χ1) is 11.0. The lowest BCUT2D eigenvalue weighted by atomic mass is 9.84. The lowest BCUT2D eigenvalue weighted by Crippen LogP contribution is -2.45. The van der Waals surface area contributed by atoms with Crippen LogP contribution in [0.1, 0.15) is 37.8 Å². The van der Waals surface area contributed by atoms with Gasteiger partial charge in [0, 0.05) is 11.6 Å². The van der Waals surface area contributed by atoms with E-state index >= 15 is 0 Å². The van der Waals surface area contributed by atoms with Gasteiger partial charge in [0.2, 0.25) is 5.91 Å². The van der Waals surface area contributed by atoms with Gasteiger partial charge in [-0.3, -0.25) is 4.79 Å². The molecule has 1 aromatic rings. The number of nitrogens with two attached hydrogens (primary N) is 1. The van der Waals surface area contributed by atoms with Crippen LogP contribution < -0.4 is 20.5 Å². The summed E-state index contributed by atoms with van der Waals surface area (Å²) in [6.45, 7) is 1.97. The van der Waals surface area contributed by atoms with E-state index < -0.39 is 0 Å². The molecule has 0 spiro atoms. The van der Waals surface area contributed by atoms with E-state index in [0.29, 0.717) is 11.8 Å². The summed E-state index contributed by atoms with van der Waals surface area (Å²) in [5.74, 6) is 2.50. The number of hydrogen-bond acceptors (Lipinski definition) is 4. The molecule has 2 aliphatic carbocycles. The van der Waals surface area contributed by atoms with Gasteiger partial charge in [0.05, 0.1) is 26.2 Å². The molecule has 1 amide bonds. The summed E-state index contributed by atoms with van der Waals surface area (Å²) in [4.78, 5) is 12.7. The van der Waals surface area contributed by atoms with Crippen molar-refractivity contribution in [3.8, 4) is 11.5 Å². The van der Waals surface area contributed by atoms with Crippen LogP contribution in [0.5, 0.6) is 11.5 Å². The van der Waals surface area contributed by atoms with Gasteiger partial charge in [-0.05, 0) is 56.2 Å². The Morgan fingerprint density at radius 1 is 1.26 bits per heavy atom. The van der Waals surface area contributed by atoms with Crippen molar-refractivity contribution in [1.82, 2.24) is 5.32 Å². The van der Waals surface area contributed by atoms with Crippen molar-refractivity contribution in [2.45, 2.75) is 38.3 Å². The average Bonchev–Trinajstić information content (AvgIpc) is 3.14. The molecule has 23 heavy (non-hydrogen) atoms. The maximum atomic E-state index is 12.7. The number of hydrogen-bond donors (Lipinski definition) is 2. The molecule has 1 aromatic carbocycles. The minimum Gasteiger partial charge on any atom is -0.497 e. The van der Waals surface area contributed by atoms with Gasteiger partial charge >= 0.3 is 0 Å². The van der Waals surface area contributed by atoms with Gasteiger partial charge in [-0.25, -0.2) is 0 Å². The molecular formula is C18H26N2O3. The van der Waals surface area contributed by atoms with Crippen LogP contribution in [0.25, 0.3) is 0 Å². The zero-order chi connectivity index (χ0) is 16.6. The molecular weight excluding hydrogens is 292 g/mol. The van der Waals surface area contributed by atoms with Crippen LogP contribution in [0.2, 0.25) is 0 Å². The number of nitrogens with one attached hydrogen (secondary N) is 1. The first-order valence-corrected chi connectivity index (χ1v) is 8.33. The maximum absolute atomic E-state index is 12.7. The predicted octanol–water partition coefficient (Wildman–Crippen LogP) is 2.25. The highest BCUT2D eigenvalue weighted by Gasteiger charge is 2.49. The largest absolute Gasteiger partial charge is 0.497 e. The zero-order valence-electron chi connectivity index (χ0n) is 14.0. The highest BCUT2D eigenvalue weighted by Crippen LogP contribution is 2.47. The summed E-state index contributed by atoms with van der Waals surface area (Å²) in [6, 6.07) is 5.47. The highest BCUT2D eigenvalue weighted by molar-refractivity contribution is 5.81. The van der Waals surface area contributed by atoms with Gasteiger partial charge in [0.25, 0.3) is 0 Å². The predicted molar refractivity (Wildman–Crippen MR) is 88.4 cm³/mol. The standard InChI is InChI=1S/C18H26N2O3/c1-10(14-9-13(22-2)6-7-15(14)23-3)20-18(21)16-11-4-5-12(8-11)17(16)19/h6-7,9-12,16-17H,4-5,8,19H2,1-3H3,(H,20,21). The Hall–Kier alpha value is -1.75. The minimum absolute atomic E-state index is 0.00755. The first-order valence-electron chi connectivity index (χ1n) is 8.33. The van der Waals surface area contributed by atoms with Crippen molar-refractivity contribution < 1.29 is 14.3 Å². The number of amides is 1. The number of ether oxygens (including phenoxy) is 2. The zero-order valence-corrected chi connectivity index (χ0v) is 14.0. The number of fused-ring (bicyclic) bond motifs is 2. The van der Waals surface area contributed by atoms with Gasteiger partial charge in [0.1, 0.15) is 11.5 Å². The molecule has 2 saturated carbocycles. The summed E-state index contributed by atoms with van der Waals surface area (Å²) >= 11 is 0. The summed E-state index contributed by atoms with van der Waals surface area (Å²) in [6.07, 6.45) is 3.41. The number of carbonyl (C=O) groups excluding carboxylic acids is 1. The van der Waals surface area contributed by atoms with E-state index in [4.69, 9.17) is 15.2 Å². The Morgan fingerprint density at radius 3 is 2.61 bits per heavy atom.